The predicted molar refractivity (Wildman–Crippen MR) is 72.8 cm³/mol. The van der Waals surface area contributed by atoms with Crippen LogP contribution in [0.2, 0.25) is 0 Å². The molecule has 6 heteroatoms. The van der Waals surface area contributed by atoms with E-state index in [1.165, 1.54) is 10.5 Å². The summed E-state index contributed by atoms with van der Waals surface area (Å²) < 4.78 is 26.1. The number of nitrogens with one attached hydrogen (secondary N) is 1. The van der Waals surface area contributed by atoms with E-state index >= 15 is 0 Å². The standard InChI is InChI=1S/C12H17N3O2S/c1-3-6-15(2)18(16,17)12-8-14-11-7-9(13)4-5-10(11)12/h4-5,7-8,14H,3,6,13H2,1-2H3. The Morgan fingerprint density at radius 3 is 2.78 bits per heavy atom. The summed E-state index contributed by atoms with van der Waals surface area (Å²) in [7, 11) is -1.84. The highest BCUT2D eigenvalue weighted by Gasteiger charge is 2.23. The molecule has 0 spiro atoms. The van der Waals surface area contributed by atoms with Gasteiger partial charge >= 0.3 is 0 Å². The minimum Gasteiger partial charge on any atom is -0.399 e. The lowest BCUT2D eigenvalue weighted by atomic mass is 10.2. The second kappa shape index (κ2) is 4.62. The van der Waals surface area contributed by atoms with E-state index in [0.717, 1.165) is 11.9 Å². The van der Waals surface area contributed by atoms with E-state index in [0.29, 0.717) is 22.5 Å². The monoisotopic (exact) mass is 267 g/mol. The molecule has 0 radical (unpaired) electrons. The number of aromatic nitrogens is 1. The molecule has 0 aliphatic heterocycles. The summed E-state index contributed by atoms with van der Waals surface area (Å²) in [5, 5.41) is 0.673. The van der Waals surface area contributed by atoms with E-state index in [4.69, 9.17) is 5.73 Å². The lowest BCUT2D eigenvalue weighted by Crippen LogP contribution is -2.27. The number of nitrogen functional groups attached to an aromatic ring is 1. The van der Waals surface area contributed by atoms with Crippen molar-refractivity contribution in [2.45, 2.75) is 18.2 Å². The summed E-state index contributed by atoms with van der Waals surface area (Å²) in [5.41, 5.74) is 7.01. The molecule has 0 aliphatic carbocycles. The number of anilines is 1. The van der Waals surface area contributed by atoms with Crippen molar-refractivity contribution in [3.63, 3.8) is 0 Å². The molecule has 5 nitrogen and oxygen atoms in total. The summed E-state index contributed by atoms with van der Waals surface area (Å²) >= 11 is 0. The molecule has 0 saturated heterocycles. The lowest BCUT2D eigenvalue weighted by molar-refractivity contribution is 0.469. The van der Waals surface area contributed by atoms with Crippen molar-refractivity contribution in [1.29, 1.82) is 0 Å². The van der Waals surface area contributed by atoms with Crippen LogP contribution in [0.3, 0.4) is 0 Å². The number of hydrogen-bond donors (Lipinski definition) is 2. The Bertz CT molecular complexity index is 661. The quantitative estimate of drug-likeness (QED) is 0.829. The zero-order chi connectivity index (χ0) is 13.3. The van der Waals surface area contributed by atoms with Crippen LogP contribution in [0.15, 0.2) is 29.3 Å². The minimum absolute atomic E-state index is 0.299. The van der Waals surface area contributed by atoms with E-state index in [1.54, 1.807) is 25.2 Å². The molecule has 0 aliphatic rings. The van der Waals surface area contributed by atoms with Gasteiger partial charge in [-0.2, -0.15) is 0 Å². The average molecular weight is 267 g/mol. The van der Waals surface area contributed by atoms with Crippen molar-refractivity contribution in [2.24, 2.45) is 0 Å². The van der Waals surface area contributed by atoms with Gasteiger partial charge in [0.05, 0.1) is 0 Å². The first-order chi connectivity index (χ1) is 8.46. The number of benzene rings is 1. The average Bonchev–Trinajstić information content (AvgIpc) is 2.72. The Morgan fingerprint density at radius 1 is 1.39 bits per heavy atom. The molecule has 3 N–H and O–H groups in total. The summed E-state index contributed by atoms with van der Waals surface area (Å²) in [6.45, 7) is 2.45. The predicted octanol–water partition coefficient (Wildman–Crippen LogP) is 1.78. The van der Waals surface area contributed by atoms with Crippen LogP contribution in [0.4, 0.5) is 5.69 Å². The van der Waals surface area contributed by atoms with Crippen LogP contribution in [0.25, 0.3) is 10.9 Å². The van der Waals surface area contributed by atoms with Crippen LogP contribution in [-0.4, -0.2) is 31.3 Å². The number of hydrogen-bond acceptors (Lipinski definition) is 3. The van der Waals surface area contributed by atoms with Crippen LogP contribution < -0.4 is 5.73 Å². The fourth-order valence-electron chi connectivity index (χ4n) is 1.93. The molecule has 0 amide bonds. The van der Waals surface area contributed by atoms with Gasteiger partial charge < -0.3 is 10.7 Å². The Hall–Kier alpha value is -1.53. The number of sulfonamides is 1. The third-order valence-corrected chi connectivity index (χ3v) is 4.79. The van der Waals surface area contributed by atoms with Crippen molar-refractivity contribution in [1.82, 2.24) is 9.29 Å². The molecular formula is C12H17N3O2S. The second-order valence-electron chi connectivity index (χ2n) is 4.28. The van der Waals surface area contributed by atoms with Gasteiger partial charge in [0.2, 0.25) is 10.0 Å². The molecule has 98 valence electrons. The maximum atomic E-state index is 12.4. The third-order valence-electron chi connectivity index (χ3n) is 2.89. The molecule has 1 aromatic heterocycles. The van der Waals surface area contributed by atoms with Crippen LogP contribution >= 0.6 is 0 Å². The Morgan fingerprint density at radius 2 is 2.11 bits per heavy atom. The van der Waals surface area contributed by atoms with Crippen LogP contribution in [0.1, 0.15) is 13.3 Å². The molecule has 1 heterocycles. The van der Waals surface area contributed by atoms with Gasteiger partial charge in [-0.1, -0.05) is 6.92 Å². The maximum absolute atomic E-state index is 12.4. The highest BCUT2D eigenvalue weighted by atomic mass is 32.2. The molecule has 18 heavy (non-hydrogen) atoms. The van der Waals surface area contributed by atoms with Gasteiger partial charge in [0, 0.05) is 36.4 Å². The first kappa shape index (κ1) is 12.9. The first-order valence-electron chi connectivity index (χ1n) is 5.79. The zero-order valence-corrected chi connectivity index (χ0v) is 11.3. The van der Waals surface area contributed by atoms with Gasteiger partial charge in [0.15, 0.2) is 0 Å². The van der Waals surface area contributed by atoms with E-state index < -0.39 is 10.0 Å². The molecule has 0 unspecified atom stereocenters. The number of nitrogens with two attached hydrogens (primary N) is 1. The van der Waals surface area contributed by atoms with Gasteiger partial charge in [-0.05, 0) is 24.6 Å². The summed E-state index contributed by atoms with van der Waals surface area (Å²) in [6.07, 6.45) is 2.30. The van der Waals surface area contributed by atoms with E-state index in [9.17, 15) is 8.42 Å². The van der Waals surface area contributed by atoms with Gasteiger partial charge in [0.1, 0.15) is 4.90 Å². The Kier molecular flexibility index (Phi) is 3.32. The molecule has 2 rings (SSSR count). The molecule has 1 aromatic carbocycles. The smallest absolute Gasteiger partial charge is 0.244 e. The number of nitrogens with zero attached hydrogens (tertiary/aromatic N) is 1. The highest BCUT2D eigenvalue weighted by molar-refractivity contribution is 7.89. The first-order valence-corrected chi connectivity index (χ1v) is 7.23. The topological polar surface area (TPSA) is 79.2 Å². The van der Waals surface area contributed by atoms with Crippen molar-refractivity contribution >= 4 is 26.6 Å². The molecule has 0 bridgehead atoms. The molecule has 0 saturated carbocycles. The highest BCUT2D eigenvalue weighted by Crippen LogP contribution is 2.26. The van der Waals surface area contributed by atoms with Crippen molar-refractivity contribution in [3.05, 3.63) is 24.4 Å². The van der Waals surface area contributed by atoms with Crippen molar-refractivity contribution in [2.75, 3.05) is 19.3 Å². The Labute approximate surface area is 107 Å². The zero-order valence-electron chi connectivity index (χ0n) is 10.5. The number of fused-ring (bicyclic) bond motifs is 1. The van der Waals surface area contributed by atoms with Gasteiger partial charge in [-0.25, -0.2) is 12.7 Å². The largest absolute Gasteiger partial charge is 0.399 e. The fraction of sp³-hybridized carbons (Fsp3) is 0.333. The molecule has 2 aromatic rings. The normalized spacial score (nSPS) is 12.4. The fourth-order valence-corrected chi connectivity index (χ4v) is 3.36. The summed E-state index contributed by atoms with van der Waals surface area (Å²) in [5.74, 6) is 0. The van der Waals surface area contributed by atoms with Crippen molar-refractivity contribution < 1.29 is 8.42 Å². The molecule has 0 fully saturated rings. The van der Waals surface area contributed by atoms with Crippen LogP contribution in [-0.2, 0) is 10.0 Å². The lowest BCUT2D eigenvalue weighted by Gasteiger charge is -2.15. The van der Waals surface area contributed by atoms with Crippen molar-refractivity contribution in [3.8, 4) is 0 Å². The Balaban J connectivity index is 2.55. The molecule has 0 atom stereocenters. The number of aromatic amines is 1. The second-order valence-corrected chi connectivity index (χ2v) is 6.30. The van der Waals surface area contributed by atoms with E-state index in [1.807, 2.05) is 6.92 Å². The van der Waals surface area contributed by atoms with E-state index in [-0.39, 0.29) is 0 Å². The number of H-pyrrole nitrogens is 1. The van der Waals surface area contributed by atoms with Crippen LogP contribution in [0, 0.1) is 0 Å². The number of rotatable bonds is 4. The summed E-state index contributed by atoms with van der Waals surface area (Å²) in [4.78, 5) is 3.25. The summed E-state index contributed by atoms with van der Waals surface area (Å²) in [6, 6.07) is 5.16. The maximum Gasteiger partial charge on any atom is 0.244 e. The SMILES string of the molecule is CCCN(C)S(=O)(=O)c1c[nH]c2cc(N)ccc12. The van der Waals surface area contributed by atoms with E-state index in [2.05, 4.69) is 4.98 Å². The van der Waals surface area contributed by atoms with Gasteiger partial charge in [-0.3, -0.25) is 0 Å². The molecular weight excluding hydrogens is 250 g/mol. The van der Waals surface area contributed by atoms with Gasteiger partial charge in [0.25, 0.3) is 0 Å². The minimum atomic E-state index is -3.44. The third kappa shape index (κ3) is 2.09. The van der Waals surface area contributed by atoms with Crippen LogP contribution in [0.5, 0.6) is 0 Å². The van der Waals surface area contributed by atoms with Gasteiger partial charge in [-0.15, -0.1) is 0 Å².